The molecule has 2 N–H and O–H groups in total. The summed E-state index contributed by atoms with van der Waals surface area (Å²) in [7, 11) is -1.38. The number of ether oxygens (including phenoxy) is 2. The van der Waals surface area contributed by atoms with E-state index in [0.29, 0.717) is 18.9 Å². The van der Waals surface area contributed by atoms with Crippen LogP contribution in [0.25, 0.3) is 0 Å². The standard InChI is InChI=1S/C18H37N2O6P/c1-13(2)12-18(9,16(4,5)6)15(21)23-17(7,8)10-11-22-14(3)19-24-27-25-20-26-27/h13-14,19-20H,10-12H2,1-9H3. The average molecular weight is 408 g/mol. The first-order chi connectivity index (χ1) is 12.3. The van der Waals surface area contributed by atoms with E-state index in [-0.39, 0.29) is 17.6 Å². The van der Waals surface area contributed by atoms with Gasteiger partial charge < -0.3 is 9.47 Å². The van der Waals surface area contributed by atoms with Crippen molar-refractivity contribution in [2.45, 2.75) is 87.0 Å². The highest BCUT2D eigenvalue weighted by atomic mass is 31.2. The predicted octanol–water partition coefficient (Wildman–Crippen LogP) is 4.37. The van der Waals surface area contributed by atoms with Crippen molar-refractivity contribution in [2.24, 2.45) is 16.7 Å². The zero-order valence-electron chi connectivity index (χ0n) is 18.2. The number of hydrogen-bond acceptors (Lipinski definition) is 8. The Labute approximate surface area is 164 Å². The van der Waals surface area contributed by atoms with Crippen molar-refractivity contribution >= 4 is 14.6 Å². The van der Waals surface area contributed by atoms with Gasteiger partial charge in [0.05, 0.1) is 12.0 Å². The van der Waals surface area contributed by atoms with Gasteiger partial charge in [-0.2, -0.15) is 14.7 Å². The molecule has 0 aromatic heterocycles. The molecule has 1 fully saturated rings. The molecule has 0 aromatic carbocycles. The van der Waals surface area contributed by atoms with Crippen LogP contribution in [0.1, 0.15) is 75.2 Å². The van der Waals surface area contributed by atoms with E-state index in [0.717, 1.165) is 6.42 Å². The van der Waals surface area contributed by atoms with E-state index in [2.05, 4.69) is 45.7 Å². The molecule has 1 aliphatic rings. The van der Waals surface area contributed by atoms with E-state index in [1.807, 2.05) is 20.8 Å². The molecular weight excluding hydrogens is 371 g/mol. The zero-order chi connectivity index (χ0) is 20.9. The number of hydroxylamine groups is 1. The molecule has 0 bridgehead atoms. The van der Waals surface area contributed by atoms with Crippen molar-refractivity contribution in [3.63, 3.8) is 0 Å². The van der Waals surface area contributed by atoms with Gasteiger partial charge in [-0.05, 0) is 45.4 Å². The normalized spacial score (nSPS) is 19.5. The van der Waals surface area contributed by atoms with Gasteiger partial charge in [0, 0.05) is 6.42 Å². The van der Waals surface area contributed by atoms with E-state index in [9.17, 15) is 4.79 Å². The molecule has 0 spiro atoms. The molecule has 9 heteroatoms. The van der Waals surface area contributed by atoms with Crippen LogP contribution in [0.15, 0.2) is 0 Å². The predicted molar refractivity (Wildman–Crippen MR) is 104 cm³/mol. The molecule has 27 heavy (non-hydrogen) atoms. The fraction of sp³-hybridized carbons (Fsp3) is 0.944. The molecule has 0 amide bonds. The third-order valence-electron chi connectivity index (χ3n) is 4.88. The molecule has 0 aromatic rings. The van der Waals surface area contributed by atoms with Crippen molar-refractivity contribution in [2.75, 3.05) is 6.61 Å². The van der Waals surface area contributed by atoms with Gasteiger partial charge >= 0.3 is 14.6 Å². The first kappa shape index (κ1) is 24.7. The number of carbonyl (C=O) groups is 1. The smallest absolute Gasteiger partial charge is 0.391 e. The van der Waals surface area contributed by atoms with Gasteiger partial charge in [0.25, 0.3) is 0 Å². The summed E-state index contributed by atoms with van der Waals surface area (Å²) in [6.07, 6.45) is 0.991. The van der Waals surface area contributed by atoms with Gasteiger partial charge in [0.2, 0.25) is 0 Å². The molecule has 0 saturated carbocycles. The Morgan fingerprint density at radius 1 is 1.11 bits per heavy atom. The van der Waals surface area contributed by atoms with E-state index in [1.165, 1.54) is 0 Å². The Hall–Kier alpha value is -0.340. The lowest BCUT2D eigenvalue weighted by Gasteiger charge is -2.42. The third-order valence-corrected chi connectivity index (χ3v) is 5.58. The van der Waals surface area contributed by atoms with E-state index >= 15 is 0 Å². The summed E-state index contributed by atoms with van der Waals surface area (Å²) in [5, 5.41) is 0. The second-order valence-electron chi connectivity index (χ2n) is 9.29. The Balaban J connectivity index is 2.49. The van der Waals surface area contributed by atoms with Crippen molar-refractivity contribution < 1.29 is 28.1 Å². The van der Waals surface area contributed by atoms with Crippen LogP contribution in [-0.2, 0) is 28.1 Å². The fourth-order valence-electron chi connectivity index (χ4n) is 2.66. The highest BCUT2D eigenvalue weighted by Crippen LogP contribution is 2.45. The van der Waals surface area contributed by atoms with Crippen molar-refractivity contribution in [1.29, 1.82) is 0 Å². The molecule has 0 aliphatic carbocycles. The Morgan fingerprint density at radius 2 is 1.70 bits per heavy atom. The van der Waals surface area contributed by atoms with Crippen LogP contribution in [0, 0.1) is 16.7 Å². The van der Waals surface area contributed by atoms with Crippen LogP contribution in [0.2, 0.25) is 0 Å². The molecular formula is C18H37N2O6P. The SMILES string of the molecule is CC(C)CC(C)(C(=O)OC(C)(C)CCOC(C)NOP1ONO1)C(C)(C)C. The second kappa shape index (κ2) is 9.92. The molecule has 160 valence electrons. The molecule has 1 rings (SSSR count). The molecule has 2 unspecified atom stereocenters. The topological polar surface area (TPSA) is 87.3 Å². The van der Waals surface area contributed by atoms with Crippen molar-refractivity contribution in [3.05, 3.63) is 0 Å². The van der Waals surface area contributed by atoms with E-state index < -0.39 is 19.6 Å². The number of carbonyl (C=O) groups excluding carboxylic acids is 1. The molecule has 1 heterocycles. The van der Waals surface area contributed by atoms with Crippen LogP contribution >= 0.6 is 8.60 Å². The lowest BCUT2D eigenvalue weighted by atomic mass is 9.64. The summed E-state index contributed by atoms with van der Waals surface area (Å²) in [4.78, 5) is 13.0. The minimum atomic E-state index is -1.38. The first-order valence-electron chi connectivity index (χ1n) is 9.43. The Kier molecular flexibility index (Phi) is 9.07. The Bertz CT molecular complexity index is 479. The monoisotopic (exact) mass is 408 g/mol. The minimum Gasteiger partial charge on any atom is -0.459 e. The number of nitrogens with one attached hydrogen (secondary N) is 2. The van der Waals surface area contributed by atoms with Crippen LogP contribution in [0.4, 0.5) is 0 Å². The van der Waals surface area contributed by atoms with Gasteiger partial charge in [-0.3, -0.25) is 4.79 Å². The van der Waals surface area contributed by atoms with Gasteiger partial charge in [-0.1, -0.05) is 40.3 Å². The first-order valence-corrected chi connectivity index (χ1v) is 10.5. The average Bonchev–Trinajstić information content (AvgIpc) is 2.42. The van der Waals surface area contributed by atoms with Gasteiger partial charge in [-0.15, -0.1) is 0 Å². The van der Waals surface area contributed by atoms with Crippen molar-refractivity contribution in [3.8, 4) is 0 Å². The Morgan fingerprint density at radius 3 is 2.15 bits per heavy atom. The minimum absolute atomic E-state index is 0.155. The zero-order valence-corrected chi connectivity index (χ0v) is 19.1. The van der Waals surface area contributed by atoms with Crippen LogP contribution < -0.4 is 11.1 Å². The van der Waals surface area contributed by atoms with Crippen LogP contribution in [-0.4, -0.2) is 24.4 Å². The molecule has 1 saturated heterocycles. The fourth-order valence-corrected chi connectivity index (χ4v) is 3.11. The summed E-state index contributed by atoms with van der Waals surface area (Å²) >= 11 is 0. The summed E-state index contributed by atoms with van der Waals surface area (Å²) < 4.78 is 26.2. The maximum Gasteiger partial charge on any atom is 0.391 e. The largest absolute Gasteiger partial charge is 0.459 e. The lowest BCUT2D eigenvalue weighted by Crippen LogP contribution is -2.46. The van der Waals surface area contributed by atoms with Crippen LogP contribution in [0.5, 0.6) is 0 Å². The van der Waals surface area contributed by atoms with Gasteiger partial charge in [0.15, 0.2) is 0 Å². The number of esters is 1. The van der Waals surface area contributed by atoms with E-state index in [4.69, 9.17) is 23.3 Å². The summed E-state index contributed by atoms with van der Waals surface area (Å²) in [5.41, 5.74) is 3.48. The maximum absolute atomic E-state index is 13.0. The maximum atomic E-state index is 13.0. The van der Waals surface area contributed by atoms with Crippen molar-refractivity contribution in [1.82, 2.24) is 11.1 Å². The third kappa shape index (κ3) is 7.89. The quantitative estimate of drug-likeness (QED) is 0.225. The van der Waals surface area contributed by atoms with Crippen LogP contribution in [0.3, 0.4) is 0 Å². The number of hydrogen-bond donors (Lipinski definition) is 2. The molecule has 0 radical (unpaired) electrons. The van der Waals surface area contributed by atoms with Gasteiger partial charge in [-0.25, -0.2) is 4.62 Å². The highest BCUT2D eigenvalue weighted by Gasteiger charge is 2.47. The van der Waals surface area contributed by atoms with E-state index in [1.54, 1.807) is 6.92 Å². The lowest BCUT2D eigenvalue weighted by molar-refractivity contribution is -0.179. The second-order valence-corrected chi connectivity index (χ2v) is 10.3. The summed E-state index contributed by atoms with van der Waals surface area (Å²) in [6, 6.07) is 0. The molecule has 1 aliphatic heterocycles. The molecule has 2 atom stereocenters. The number of rotatable bonds is 11. The molecule has 8 nitrogen and oxygen atoms in total. The van der Waals surface area contributed by atoms with Gasteiger partial charge in [0.1, 0.15) is 11.8 Å². The summed E-state index contributed by atoms with van der Waals surface area (Å²) in [5.74, 6) is 0.249. The highest BCUT2D eigenvalue weighted by molar-refractivity contribution is 7.42. The summed E-state index contributed by atoms with van der Waals surface area (Å²) in [6.45, 7) is 18.6.